The van der Waals surface area contributed by atoms with Crippen LogP contribution in [0.15, 0.2) is 58.5 Å². The molecule has 1 saturated heterocycles. The molecule has 32 heavy (non-hydrogen) atoms. The fraction of sp³-hybridized carbons (Fsp3) is 0.391. The molecule has 3 N–H and O–H groups in total. The molecule has 2 aromatic carbocycles. The maximum Gasteiger partial charge on any atom is 0.224 e. The lowest BCUT2D eigenvalue weighted by molar-refractivity contribution is -0.0145. The first-order valence-corrected chi connectivity index (χ1v) is 10.7. The second-order valence-electron chi connectivity index (χ2n) is 7.60. The minimum atomic E-state index is -0.253. The summed E-state index contributed by atoms with van der Waals surface area (Å²) in [7, 11) is 3.32. The van der Waals surface area contributed by atoms with Crippen LogP contribution in [0.1, 0.15) is 11.1 Å². The van der Waals surface area contributed by atoms with Gasteiger partial charge in [-0.3, -0.25) is 4.90 Å². The molecule has 1 fully saturated rings. The summed E-state index contributed by atoms with van der Waals surface area (Å²) < 4.78 is 16.0. The molecule has 2 heterocycles. The molecular formula is C23H30N6O3. The molecule has 1 atom stereocenters. The number of methoxy groups -OCH3 is 2. The van der Waals surface area contributed by atoms with Crippen LogP contribution in [-0.4, -0.2) is 68.5 Å². The van der Waals surface area contributed by atoms with Crippen molar-refractivity contribution in [3.8, 4) is 11.5 Å². The van der Waals surface area contributed by atoms with E-state index < -0.39 is 0 Å². The fourth-order valence-electron chi connectivity index (χ4n) is 3.69. The average molecular weight is 439 g/mol. The molecule has 170 valence electrons. The van der Waals surface area contributed by atoms with Crippen LogP contribution in [0.25, 0.3) is 0 Å². The molecule has 0 saturated carbocycles. The summed E-state index contributed by atoms with van der Waals surface area (Å²) in [6, 6.07) is 15.8. The van der Waals surface area contributed by atoms with Gasteiger partial charge >= 0.3 is 0 Å². The van der Waals surface area contributed by atoms with Gasteiger partial charge in [-0.1, -0.05) is 24.3 Å². The highest BCUT2D eigenvalue weighted by atomic mass is 16.5. The highest BCUT2D eigenvalue weighted by Gasteiger charge is 2.31. The van der Waals surface area contributed by atoms with Crippen LogP contribution in [0.4, 0.5) is 0 Å². The molecule has 2 aromatic rings. The first-order valence-electron chi connectivity index (χ1n) is 10.7. The third-order valence-corrected chi connectivity index (χ3v) is 5.53. The summed E-state index contributed by atoms with van der Waals surface area (Å²) in [6.45, 7) is 4.10. The molecule has 2 aliphatic heterocycles. The summed E-state index contributed by atoms with van der Waals surface area (Å²) in [5, 5.41) is 3.31. The Kier molecular flexibility index (Phi) is 7.08. The minimum Gasteiger partial charge on any atom is -0.497 e. The Morgan fingerprint density at radius 2 is 1.56 bits per heavy atom. The van der Waals surface area contributed by atoms with Crippen molar-refractivity contribution in [3.05, 3.63) is 59.7 Å². The van der Waals surface area contributed by atoms with Gasteiger partial charge in [0.2, 0.25) is 11.9 Å². The first kappa shape index (κ1) is 21.9. The number of nitrogens with two attached hydrogens (primary N) is 1. The van der Waals surface area contributed by atoms with Gasteiger partial charge in [0.25, 0.3) is 0 Å². The van der Waals surface area contributed by atoms with Crippen LogP contribution in [0.2, 0.25) is 0 Å². The van der Waals surface area contributed by atoms with Crippen LogP contribution in [0, 0.1) is 0 Å². The Morgan fingerprint density at radius 1 is 0.969 bits per heavy atom. The van der Waals surface area contributed by atoms with Gasteiger partial charge in [0.1, 0.15) is 11.5 Å². The van der Waals surface area contributed by atoms with Gasteiger partial charge in [-0.15, -0.1) is 0 Å². The summed E-state index contributed by atoms with van der Waals surface area (Å²) >= 11 is 0. The fourth-order valence-corrected chi connectivity index (χ4v) is 3.69. The summed E-state index contributed by atoms with van der Waals surface area (Å²) in [4.78, 5) is 13.7. The van der Waals surface area contributed by atoms with Gasteiger partial charge in [0.15, 0.2) is 6.29 Å². The van der Waals surface area contributed by atoms with Crippen molar-refractivity contribution in [2.45, 2.75) is 19.4 Å². The lowest BCUT2D eigenvalue weighted by Crippen LogP contribution is -2.57. The normalized spacial score (nSPS) is 19.2. The van der Waals surface area contributed by atoms with E-state index in [-0.39, 0.29) is 6.29 Å². The smallest absolute Gasteiger partial charge is 0.224 e. The van der Waals surface area contributed by atoms with E-state index in [2.05, 4.69) is 15.2 Å². The van der Waals surface area contributed by atoms with E-state index in [1.54, 1.807) is 14.2 Å². The van der Waals surface area contributed by atoms with E-state index in [0.717, 1.165) is 35.7 Å². The van der Waals surface area contributed by atoms with Crippen molar-refractivity contribution in [3.63, 3.8) is 0 Å². The van der Waals surface area contributed by atoms with Gasteiger partial charge in [-0.2, -0.15) is 4.99 Å². The number of ether oxygens (including phenoxy) is 3. The number of guanidine groups is 2. The van der Waals surface area contributed by atoms with Crippen LogP contribution in [0.5, 0.6) is 11.5 Å². The van der Waals surface area contributed by atoms with Crippen molar-refractivity contribution < 1.29 is 14.2 Å². The Morgan fingerprint density at radius 3 is 2.16 bits per heavy atom. The van der Waals surface area contributed by atoms with Gasteiger partial charge in [-0.25, -0.2) is 4.99 Å². The van der Waals surface area contributed by atoms with Crippen molar-refractivity contribution in [1.29, 1.82) is 0 Å². The highest BCUT2D eigenvalue weighted by Crippen LogP contribution is 2.20. The highest BCUT2D eigenvalue weighted by molar-refractivity contribution is 5.96. The second kappa shape index (κ2) is 10.3. The van der Waals surface area contributed by atoms with Gasteiger partial charge in [-0.05, 0) is 35.4 Å². The summed E-state index contributed by atoms with van der Waals surface area (Å²) in [5.74, 6) is 2.61. The van der Waals surface area contributed by atoms with Gasteiger partial charge < -0.3 is 30.2 Å². The van der Waals surface area contributed by atoms with E-state index in [0.29, 0.717) is 38.2 Å². The van der Waals surface area contributed by atoms with Crippen molar-refractivity contribution >= 4 is 11.9 Å². The van der Waals surface area contributed by atoms with Crippen molar-refractivity contribution in [1.82, 2.24) is 15.1 Å². The third kappa shape index (κ3) is 5.30. The van der Waals surface area contributed by atoms with Gasteiger partial charge in [0, 0.05) is 26.2 Å². The number of morpholine rings is 1. The molecule has 2 aliphatic rings. The van der Waals surface area contributed by atoms with E-state index in [1.807, 2.05) is 53.4 Å². The number of hydrogen-bond donors (Lipinski definition) is 2. The quantitative estimate of drug-likeness (QED) is 0.678. The Hall–Kier alpha value is -3.30. The molecule has 0 amide bonds. The molecule has 0 bridgehead atoms. The van der Waals surface area contributed by atoms with Crippen LogP contribution in [-0.2, 0) is 17.8 Å². The monoisotopic (exact) mass is 438 g/mol. The molecule has 0 aromatic heterocycles. The topological polar surface area (TPSA) is 96.9 Å². The standard InChI is InChI=1S/C23H30N6O3/c1-30-19-7-3-17(4-8-19)15-25-22-26-21(24)29(16-18-5-9-20(31-2)10-6-18)23(27-22)28-11-13-32-14-12-28/h3-10,23H,11-16H2,1-2H3,(H3,24,25,26,27). The Labute approximate surface area is 188 Å². The average Bonchev–Trinajstić information content (AvgIpc) is 2.85. The predicted octanol–water partition coefficient (Wildman–Crippen LogP) is 1.60. The van der Waals surface area contributed by atoms with Crippen molar-refractivity contribution in [2.24, 2.45) is 15.7 Å². The van der Waals surface area contributed by atoms with E-state index in [9.17, 15) is 0 Å². The number of nitrogens with one attached hydrogen (secondary N) is 1. The molecule has 9 heteroatoms. The molecular weight excluding hydrogens is 408 g/mol. The number of aliphatic imine (C=N–C) groups is 2. The molecule has 1 unspecified atom stereocenters. The van der Waals surface area contributed by atoms with Crippen LogP contribution >= 0.6 is 0 Å². The second-order valence-corrected chi connectivity index (χ2v) is 7.60. The number of rotatable bonds is 7. The summed E-state index contributed by atoms with van der Waals surface area (Å²) in [5.41, 5.74) is 8.64. The molecule has 4 rings (SSSR count). The largest absolute Gasteiger partial charge is 0.497 e. The van der Waals surface area contributed by atoms with E-state index >= 15 is 0 Å². The SMILES string of the molecule is COc1ccc(CNC2=NC(N3CCOCC3)N(Cc3ccc(OC)cc3)C(N)=N2)cc1. The zero-order chi connectivity index (χ0) is 22.3. The van der Waals surface area contributed by atoms with Crippen LogP contribution < -0.4 is 20.5 Å². The maximum atomic E-state index is 6.43. The number of nitrogens with zero attached hydrogens (tertiary/aromatic N) is 4. The maximum absolute atomic E-state index is 6.43. The molecule has 0 radical (unpaired) electrons. The first-order chi connectivity index (χ1) is 15.7. The lowest BCUT2D eigenvalue weighted by atomic mass is 10.2. The third-order valence-electron chi connectivity index (χ3n) is 5.53. The number of hydrogen-bond acceptors (Lipinski definition) is 9. The van der Waals surface area contributed by atoms with E-state index in [4.69, 9.17) is 24.9 Å². The number of benzene rings is 2. The zero-order valence-corrected chi connectivity index (χ0v) is 18.5. The van der Waals surface area contributed by atoms with E-state index in [1.165, 1.54) is 0 Å². The molecule has 0 aliphatic carbocycles. The zero-order valence-electron chi connectivity index (χ0n) is 18.5. The Bertz CT molecular complexity index is 939. The van der Waals surface area contributed by atoms with Gasteiger partial charge in [0.05, 0.1) is 27.4 Å². The minimum absolute atomic E-state index is 0.253. The Balaban J connectivity index is 1.50. The predicted molar refractivity (Wildman–Crippen MR) is 124 cm³/mol. The van der Waals surface area contributed by atoms with Crippen LogP contribution in [0.3, 0.4) is 0 Å². The molecule has 9 nitrogen and oxygen atoms in total. The summed E-state index contributed by atoms with van der Waals surface area (Å²) in [6.07, 6.45) is -0.253. The molecule has 0 spiro atoms. The van der Waals surface area contributed by atoms with Crippen molar-refractivity contribution in [2.75, 3.05) is 40.5 Å². The lowest BCUT2D eigenvalue weighted by Gasteiger charge is -2.41.